The summed E-state index contributed by atoms with van der Waals surface area (Å²) in [4.78, 5) is 15.2. The molecule has 2 aromatic rings. The molecular formula is C23H33N3O4+2. The summed E-state index contributed by atoms with van der Waals surface area (Å²) in [5.41, 5.74) is 2.31. The van der Waals surface area contributed by atoms with E-state index in [9.17, 15) is 4.79 Å². The molecule has 3 N–H and O–H groups in total. The molecule has 1 saturated heterocycles. The molecule has 0 aromatic heterocycles. The number of amides is 1. The number of hydrogen-bond acceptors (Lipinski definition) is 4. The molecule has 0 bridgehead atoms. The van der Waals surface area contributed by atoms with Crippen molar-refractivity contribution in [3.8, 4) is 17.2 Å². The van der Waals surface area contributed by atoms with Crippen molar-refractivity contribution < 1.29 is 28.8 Å². The van der Waals surface area contributed by atoms with Crippen molar-refractivity contribution in [1.82, 2.24) is 5.32 Å². The van der Waals surface area contributed by atoms with Gasteiger partial charge in [-0.2, -0.15) is 0 Å². The van der Waals surface area contributed by atoms with Crippen LogP contribution in [0.4, 0.5) is 0 Å². The Labute approximate surface area is 178 Å². The van der Waals surface area contributed by atoms with Crippen LogP contribution in [0, 0.1) is 0 Å². The SMILES string of the molecule is COc1ccc(CNC(=O)C[NH+]2CC[NH+](Cc3ccc(OC)c(OC)c3)CC2)cc1. The van der Waals surface area contributed by atoms with E-state index in [1.165, 1.54) is 15.4 Å². The van der Waals surface area contributed by atoms with Gasteiger partial charge in [0.25, 0.3) is 5.91 Å². The smallest absolute Gasteiger partial charge is 0.275 e. The number of ether oxygens (including phenoxy) is 3. The van der Waals surface area contributed by atoms with Crippen LogP contribution in [0.5, 0.6) is 17.2 Å². The summed E-state index contributed by atoms with van der Waals surface area (Å²) < 4.78 is 15.9. The molecule has 1 heterocycles. The first-order valence-corrected chi connectivity index (χ1v) is 10.4. The van der Waals surface area contributed by atoms with E-state index in [4.69, 9.17) is 14.2 Å². The van der Waals surface area contributed by atoms with Gasteiger partial charge in [0.2, 0.25) is 0 Å². The number of carbonyl (C=O) groups excluding carboxylic acids is 1. The molecular weight excluding hydrogens is 382 g/mol. The van der Waals surface area contributed by atoms with Gasteiger partial charge in [0, 0.05) is 12.1 Å². The maximum atomic E-state index is 12.3. The molecule has 7 nitrogen and oxygen atoms in total. The third kappa shape index (κ3) is 6.11. The predicted molar refractivity (Wildman–Crippen MR) is 114 cm³/mol. The monoisotopic (exact) mass is 415 g/mol. The van der Waals surface area contributed by atoms with E-state index >= 15 is 0 Å². The molecule has 1 fully saturated rings. The van der Waals surface area contributed by atoms with Crippen molar-refractivity contribution in [2.45, 2.75) is 13.1 Å². The standard InChI is InChI=1S/C23H31N3O4/c1-28-20-7-4-18(5-8-20)15-24-23(27)17-26-12-10-25(11-13-26)16-19-6-9-21(29-2)22(14-19)30-3/h4-9,14H,10-13,15-17H2,1-3H3,(H,24,27)/p+2. The Balaban J connectivity index is 1.40. The molecule has 1 aliphatic rings. The van der Waals surface area contributed by atoms with Gasteiger partial charge in [0.1, 0.15) is 38.5 Å². The quantitative estimate of drug-likeness (QED) is 0.508. The number of quaternary nitrogens is 2. The Hall–Kier alpha value is -2.77. The summed E-state index contributed by atoms with van der Waals surface area (Å²) in [6.45, 7) is 6.13. The van der Waals surface area contributed by atoms with E-state index in [1.807, 2.05) is 30.3 Å². The van der Waals surface area contributed by atoms with Crippen molar-refractivity contribution in [3.05, 3.63) is 53.6 Å². The average molecular weight is 416 g/mol. The fraction of sp³-hybridized carbons (Fsp3) is 0.435. The van der Waals surface area contributed by atoms with E-state index in [0.717, 1.165) is 55.5 Å². The number of hydrogen-bond donors (Lipinski definition) is 3. The molecule has 0 spiro atoms. The van der Waals surface area contributed by atoms with Gasteiger partial charge in [-0.15, -0.1) is 0 Å². The van der Waals surface area contributed by atoms with Crippen LogP contribution in [0.2, 0.25) is 0 Å². The highest BCUT2D eigenvalue weighted by Gasteiger charge is 2.25. The highest BCUT2D eigenvalue weighted by molar-refractivity contribution is 5.76. The lowest BCUT2D eigenvalue weighted by Crippen LogP contribution is -3.28. The van der Waals surface area contributed by atoms with Crippen LogP contribution in [-0.2, 0) is 17.9 Å². The molecule has 0 aliphatic carbocycles. The summed E-state index contributed by atoms with van der Waals surface area (Å²) >= 11 is 0. The Morgan fingerprint density at radius 3 is 2.10 bits per heavy atom. The minimum absolute atomic E-state index is 0.101. The normalized spacial score (nSPS) is 18.5. The molecule has 7 heteroatoms. The Bertz CT molecular complexity index is 818. The summed E-state index contributed by atoms with van der Waals surface area (Å²) in [7, 11) is 4.96. The van der Waals surface area contributed by atoms with Crippen LogP contribution < -0.4 is 29.3 Å². The molecule has 30 heavy (non-hydrogen) atoms. The highest BCUT2D eigenvalue weighted by Crippen LogP contribution is 2.27. The Morgan fingerprint density at radius 1 is 0.833 bits per heavy atom. The number of nitrogens with one attached hydrogen (secondary N) is 3. The molecule has 0 atom stereocenters. The Kier molecular flexibility index (Phi) is 7.93. The van der Waals surface area contributed by atoms with Gasteiger partial charge in [0.05, 0.1) is 21.3 Å². The topological polar surface area (TPSA) is 65.7 Å². The maximum absolute atomic E-state index is 12.3. The van der Waals surface area contributed by atoms with Crippen LogP contribution in [0.1, 0.15) is 11.1 Å². The number of benzene rings is 2. The highest BCUT2D eigenvalue weighted by atomic mass is 16.5. The number of piperazine rings is 1. The minimum Gasteiger partial charge on any atom is -0.497 e. The molecule has 162 valence electrons. The largest absolute Gasteiger partial charge is 0.497 e. The molecule has 2 aromatic carbocycles. The molecule has 1 aliphatic heterocycles. The third-order valence-electron chi connectivity index (χ3n) is 5.63. The predicted octanol–water partition coefficient (Wildman–Crippen LogP) is -0.688. The Morgan fingerprint density at radius 2 is 1.47 bits per heavy atom. The van der Waals surface area contributed by atoms with Gasteiger partial charge in [-0.1, -0.05) is 12.1 Å². The van der Waals surface area contributed by atoms with Gasteiger partial charge in [-0.05, 0) is 35.9 Å². The van der Waals surface area contributed by atoms with Gasteiger partial charge < -0.3 is 29.3 Å². The average Bonchev–Trinajstić information content (AvgIpc) is 2.79. The zero-order chi connectivity index (χ0) is 21.3. The van der Waals surface area contributed by atoms with Crippen molar-refractivity contribution in [2.75, 3.05) is 54.1 Å². The number of carbonyl (C=O) groups is 1. The molecule has 0 saturated carbocycles. The fourth-order valence-corrected chi connectivity index (χ4v) is 3.82. The summed E-state index contributed by atoms with van der Waals surface area (Å²) in [5, 5.41) is 3.03. The van der Waals surface area contributed by atoms with E-state index in [1.54, 1.807) is 21.3 Å². The fourth-order valence-electron chi connectivity index (χ4n) is 3.82. The summed E-state index contributed by atoms with van der Waals surface area (Å²) in [5.74, 6) is 2.45. The maximum Gasteiger partial charge on any atom is 0.275 e. The van der Waals surface area contributed by atoms with Gasteiger partial charge in [-0.3, -0.25) is 4.79 Å². The first-order chi connectivity index (χ1) is 14.6. The van der Waals surface area contributed by atoms with E-state index in [-0.39, 0.29) is 5.91 Å². The number of rotatable bonds is 9. The van der Waals surface area contributed by atoms with E-state index < -0.39 is 0 Å². The van der Waals surface area contributed by atoms with Gasteiger partial charge in [0.15, 0.2) is 18.0 Å². The van der Waals surface area contributed by atoms with Crippen molar-refractivity contribution in [1.29, 1.82) is 0 Å². The van der Waals surface area contributed by atoms with Gasteiger partial charge >= 0.3 is 0 Å². The molecule has 3 rings (SSSR count). The number of methoxy groups -OCH3 is 3. The van der Waals surface area contributed by atoms with Crippen molar-refractivity contribution in [3.63, 3.8) is 0 Å². The second-order valence-corrected chi connectivity index (χ2v) is 7.67. The minimum atomic E-state index is 0.101. The van der Waals surface area contributed by atoms with Crippen molar-refractivity contribution in [2.24, 2.45) is 0 Å². The lowest BCUT2D eigenvalue weighted by molar-refractivity contribution is -1.02. The van der Waals surface area contributed by atoms with E-state index in [2.05, 4.69) is 17.4 Å². The van der Waals surface area contributed by atoms with Crippen LogP contribution in [0.15, 0.2) is 42.5 Å². The van der Waals surface area contributed by atoms with Crippen LogP contribution in [0.3, 0.4) is 0 Å². The zero-order valence-corrected chi connectivity index (χ0v) is 18.1. The van der Waals surface area contributed by atoms with Crippen LogP contribution in [-0.4, -0.2) is 60.0 Å². The zero-order valence-electron chi connectivity index (χ0n) is 18.1. The lowest BCUT2D eigenvalue weighted by Gasteiger charge is -2.29. The lowest BCUT2D eigenvalue weighted by atomic mass is 10.1. The third-order valence-corrected chi connectivity index (χ3v) is 5.63. The van der Waals surface area contributed by atoms with E-state index in [0.29, 0.717) is 13.1 Å². The van der Waals surface area contributed by atoms with Crippen LogP contribution >= 0.6 is 0 Å². The van der Waals surface area contributed by atoms with Gasteiger partial charge in [-0.25, -0.2) is 0 Å². The second-order valence-electron chi connectivity index (χ2n) is 7.67. The first-order valence-electron chi connectivity index (χ1n) is 10.4. The van der Waals surface area contributed by atoms with Crippen molar-refractivity contribution >= 4 is 5.91 Å². The molecule has 0 radical (unpaired) electrons. The summed E-state index contributed by atoms with van der Waals surface area (Å²) in [6.07, 6.45) is 0. The molecule has 1 amide bonds. The second kappa shape index (κ2) is 10.8. The first kappa shape index (κ1) is 21.9. The summed E-state index contributed by atoms with van der Waals surface area (Å²) in [6, 6.07) is 13.9. The molecule has 0 unspecified atom stereocenters. The van der Waals surface area contributed by atoms with Crippen LogP contribution in [0.25, 0.3) is 0 Å².